The van der Waals surface area contributed by atoms with Crippen molar-refractivity contribution in [3.05, 3.63) is 49.6 Å². The zero-order valence-corrected chi connectivity index (χ0v) is 5.88. The van der Waals surface area contributed by atoms with Crippen LogP contribution in [0.25, 0.3) is 0 Å². The van der Waals surface area contributed by atoms with Gasteiger partial charge in [0.15, 0.2) is 0 Å². The van der Waals surface area contributed by atoms with Crippen molar-refractivity contribution >= 4 is 5.71 Å². The van der Waals surface area contributed by atoms with Crippen LogP contribution in [-0.2, 0) is 0 Å². The minimum atomic E-state index is 0.411. The molecule has 0 aliphatic rings. The second-order valence-electron chi connectivity index (χ2n) is 1.64. The second kappa shape index (κ2) is 5.76. The summed E-state index contributed by atoms with van der Waals surface area (Å²) in [5, 5.41) is 7.11. The third kappa shape index (κ3) is 4.78. The van der Waals surface area contributed by atoms with Crippen LogP contribution in [0.1, 0.15) is 0 Å². The molecule has 0 aliphatic heterocycles. The maximum atomic E-state index is 7.11. The Balaban J connectivity index is 3.76. The van der Waals surface area contributed by atoms with Gasteiger partial charge in [0.05, 0.1) is 5.71 Å². The van der Waals surface area contributed by atoms with Crippen molar-refractivity contribution in [3.8, 4) is 0 Å². The Bertz CT molecular complexity index is 185. The first kappa shape index (κ1) is 8.63. The average Bonchev–Trinajstić information content (AvgIpc) is 1.98. The van der Waals surface area contributed by atoms with Gasteiger partial charge in [-0.2, -0.15) is 0 Å². The van der Waals surface area contributed by atoms with Gasteiger partial charge in [0.2, 0.25) is 0 Å². The largest absolute Gasteiger partial charge is 0.301 e. The second-order valence-corrected chi connectivity index (χ2v) is 1.64. The van der Waals surface area contributed by atoms with Crippen molar-refractivity contribution < 1.29 is 0 Å². The van der Waals surface area contributed by atoms with Crippen molar-refractivity contribution in [1.29, 1.82) is 5.41 Å². The minimum Gasteiger partial charge on any atom is -0.301 e. The first-order valence-corrected chi connectivity index (χ1v) is 2.98. The van der Waals surface area contributed by atoms with Crippen molar-refractivity contribution in [2.75, 3.05) is 0 Å². The molecule has 1 heteroatoms. The van der Waals surface area contributed by atoms with Crippen LogP contribution >= 0.6 is 0 Å². The highest BCUT2D eigenvalue weighted by atomic mass is 14.4. The molecule has 1 N–H and O–H groups in total. The molecule has 10 heavy (non-hydrogen) atoms. The van der Waals surface area contributed by atoms with Gasteiger partial charge in [-0.25, -0.2) is 0 Å². The van der Waals surface area contributed by atoms with E-state index in [4.69, 9.17) is 5.41 Å². The Hall–Kier alpha value is -1.37. The van der Waals surface area contributed by atoms with Gasteiger partial charge in [-0.05, 0) is 12.2 Å². The number of nitrogens with one attached hydrogen (secondary N) is 1. The summed E-state index contributed by atoms with van der Waals surface area (Å²) in [6, 6.07) is 0. The van der Waals surface area contributed by atoms with Crippen LogP contribution < -0.4 is 0 Å². The monoisotopic (exact) mass is 133 g/mol. The standard InChI is InChI=1S/C9H11N/c1-3-5-6-7-8-9(10)4-2/h3-8,10H,1-2H2/b6-5-,8-7-,10-9?. The quantitative estimate of drug-likeness (QED) is 0.450. The lowest BCUT2D eigenvalue weighted by Gasteiger charge is -1.79. The normalized spacial score (nSPS) is 10.4. The summed E-state index contributed by atoms with van der Waals surface area (Å²) in [6.45, 7) is 6.94. The lowest BCUT2D eigenvalue weighted by atomic mass is 10.3. The minimum absolute atomic E-state index is 0.411. The number of rotatable bonds is 4. The molecule has 0 heterocycles. The third-order valence-corrected chi connectivity index (χ3v) is 0.854. The number of allylic oxidation sites excluding steroid dienone is 6. The molecule has 0 saturated carbocycles. The molecule has 0 aromatic heterocycles. The van der Waals surface area contributed by atoms with E-state index in [2.05, 4.69) is 13.2 Å². The summed E-state index contributed by atoms with van der Waals surface area (Å²) in [5.74, 6) is 0. The van der Waals surface area contributed by atoms with E-state index in [-0.39, 0.29) is 0 Å². The molecule has 0 aliphatic carbocycles. The Labute approximate surface area is 61.6 Å². The van der Waals surface area contributed by atoms with E-state index >= 15 is 0 Å². The van der Waals surface area contributed by atoms with E-state index in [1.807, 2.05) is 6.08 Å². The van der Waals surface area contributed by atoms with Crippen LogP contribution in [0.5, 0.6) is 0 Å². The van der Waals surface area contributed by atoms with Crippen molar-refractivity contribution in [2.45, 2.75) is 0 Å². The van der Waals surface area contributed by atoms with Gasteiger partial charge in [-0.1, -0.05) is 37.5 Å². The van der Waals surface area contributed by atoms with E-state index in [1.54, 1.807) is 24.3 Å². The summed E-state index contributed by atoms with van der Waals surface area (Å²) < 4.78 is 0. The molecule has 0 bridgehead atoms. The van der Waals surface area contributed by atoms with Gasteiger partial charge >= 0.3 is 0 Å². The topological polar surface area (TPSA) is 23.9 Å². The van der Waals surface area contributed by atoms with Gasteiger partial charge in [0, 0.05) is 0 Å². The van der Waals surface area contributed by atoms with Gasteiger partial charge in [-0.15, -0.1) is 0 Å². The lowest BCUT2D eigenvalue weighted by molar-refractivity contribution is 1.54. The molecule has 0 rings (SSSR count). The molecular formula is C9H11N. The van der Waals surface area contributed by atoms with Crippen molar-refractivity contribution in [2.24, 2.45) is 0 Å². The van der Waals surface area contributed by atoms with Gasteiger partial charge in [0.25, 0.3) is 0 Å². The molecule has 0 aromatic carbocycles. The van der Waals surface area contributed by atoms with E-state index in [0.29, 0.717) is 5.71 Å². The predicted molar refractivity (Wildman–Crippen MR) is 46.4 cm³/mol. The molecule has 0 spiro atoms. The molecule has 0 radical (unpaired) electrons. The number of hydrogen-bond acceptors (Lipinski definition) is 1. The maximum Gasteiger partial charge on any atom is 0.0533 e. The fourth-order valence-electron chi connectivity index (χ4n) is 0.370. The van der Waals surface area contributed by atoms with Crippen molar-refractivity contribution in [1.82, 2.24) is 0 Å². The molecule has 0 fully saturated rings. The Morgan fingerprint density at radius 1 is 1.10 bits per heavy atom. The highest BCUT2D eigenvalue weighted by molar-refractivity contribution is 6.01. The molecule has 0 aromatic rings. The van der Waals surface area contributed by atoms with Gasteiger partial charge in [0.1, 0.15) is 0 Å². The Morgan fingerprint density at radius 3 is 2.30 bits per heavy atom. The Kier molecular flexibility index (Phi) is 4.97. The molecule has 1 nitrogen and oxygen atoms in total. The third-order valence-electron chi connectivity index (χ3n) is 0.854. The molecule has 0 unspecified atom stereocenters. The zero-order valence-electron chi connectivity index (χ0n) is 5.88. The average molecular weight is 133 g/mol. The van der Waals surface area contributed by atoms with Crippen LogP contribution in [0.2, 0.25) is 0 Å². The lowest BCUT2D eigenvalue weighted by Crippen LogP contribution is -1.78. The molecule has 0 saturated heterocycles. The fourth-order valence-corrected chi connectivity index (χ4v) is 0.370. The first-order chi connectivity index (χ1) is 4.81. The van der Waals surface area contributed by atoms with Crippen molar-refractivity contribution in [3.63, 3.8) is 0 Å². The molecular weight excluding hydrogens is 122 g/mol. The molecule has 0 amide bonds. The van der Waals surface area contributed by atoms with Crippen LogP contribution in [0.4, 0.5) is 0 Å². The van der Waals surface area contributed by atoms with Gasteiger partial charge in [-0.3, -0.25) is 0 Å². The summed E-state index contributed by atoms with van der Waals surface area (Å²) in [5.41, 5.74) is 0.411. The highest BCUT2D eigenvalue weighted by Gasteiger charge is 1.74. The Morgan fingerprint density at radius 2 is 1.80 bits per heavy atom. The maximum absolute atomic E-state index is 7.11. The van der Waals surface area contributed by atoms with E-state index in [9.17, 15) is 0 Å². The van der Waals surface area contributed by atoms with E-state index < -0.39 is 0 Å². The number of hydrogen-bond donors (Lipinski definition) is 1. The molecule has 52 valence electrons. The van der Waals surface area contributed by atoms with Crippen LogP contribution in [0, 0.1) is 5.41 Å². The van der Waals surface area contributed by atoms with Crippen LogP contribution in [0.15, 0.2) is 49.6 Å². The zero-order chi connectivity index (χ0) is 7.82. The summed E-state index contributed by atoms with van der Waals surface area (Å²) >= 11 is 0. The summed E-state index contributed by atoms with van der Waals surface area (Å²) in [7, 11) is 0. The SMILES string of the molecule is C=C/C=C\C=C/C(=N)C=C. The summed E-state index contributed by atoms with van der Waals surface area (Å²) in [4.78, 5) is 0. The first-order valence-electron chi connectivity index (χ1n) is 2.98. The van der Waals surface area contributed by atoms with Crippen LogP contribution in [0.3, 0.4) is 0 Å². The summed E-state index contributed by atoms with van der Waals surface area (Å²) in [6.07, 6.45) is 10.2. The smallest absolute Gasteiger partial charge is 0.0533 e. The van der Waals surface area contributed by atoms with E-state index in [1.165, 1.54) is 6.08 Å². The van der Waals surface area contributed by atoms with E-state index in [0.717, 1.165) is 0 Å². The molecule has 0 atom stereocenters. The predicted octanol–water partition coefficient (Wildman–Crippen LogP) is 2.49. The van der Waals surface area contributed by atoms with Crippen LogP contribution in [-0.4, -0.2) is 5.71 Å². The van der Waals surface area contributed by atoms with Gasteiger partial charge < -0.3 is 5.41 Å². The highest BCUT2D eigenvalue weighted by Crippen LogP contribution is 1.81. The fraction of sp³-hybridized carbons (Fsp3) is 0.